The van der Waals surface area contributed by atoms with E-state index in [0.29, 0.717) is 6.10 Å². The van der Waals surface area contributed by atoms with Gasteiger partial charge in [0.05, 0.1) is 6.10 Å². The molecule has 14 heavy (non-hydrogen) atoms. The third kappa shape index (κ3) is 8.89. The number of rotatable bonds is 8. The molecule has 1 nitrogen and oxygen atoms in total. The van der Waals surface area contributed by atoms with E-state index in [0.717, 1.165) is 24.2 Å². The van der Waals surface area contributed by atoms with Gasteiger partial charge in [0, 0.05) is 6.61 Å². The number of hydrogen-bond acceptors (Lipinski definition) is 2. The predicted octanol–water partition coefficient (Wildman–Crippen LogP) is 3.78. The van der Waals surface area contributed by atoms with Gasteiger partial charge in [-0.2, -0.15) is 12.6 Å². The summed E-state index contributed by atoms with van der Waals surface area (Å²) in [7, 11) is 0. The lowest BCUT2D eigenvalue weighted by molar-refractivity contribution is 0.0444. The first-order valence-electron chi connectivity index (χ1n) is 5.78. The molecule has 0 bridgehead atoms. The lowest BCUT2D eigenvalue weighted by Gasteiger charge is -2.16. The van der Waals surface area contributed by atoms with Crippen LogP contribution in [-0.4, -0.2) is 18.5 Å². The molecular weight excluding hydrogens is 192 g/mol. The minimum absolute atomic E-state index is 0.415. The molecule has 0 spiro atoms. The van der Waals surface area contributed by atoms with Crippen molar-refractivity contribution in [2.45, 2.75) is 53.1 Å². The second kappa shape index (κ2) is 8.60. The monoisotopic (exact) mass is 218 g/mol. The summed E-state index contributed by atoms with van der Waals surface area (Å²) >= 11 is 4.23. The molecule has 0 aromatic rings. The first-order valence-corrected chi connectivity index (χ1v) is 6.42. The molecule has 0 aromatic heterocycles. The van der Waals surface area contributed by atoms with Gasteiger partial charge in [0.15, 0.2) is 0 Å². The second-order valence-electron chi connectivity index (χ2n) is 4.72. The van der Waals surface area contributed by atoms with Gasteiger partial charge in [0.2, 0.25) is 0 Å². The smallest absolute Gasteiger partial charge is 0.0549 e. The highest BCUT2D eigenvalue weighted by atomic mass is 32.1. The molecule has 2 atom stereocenters. The Morgan fingerprint density at radius 1 is 1.07 bits per heavy atom. The summed E-state index contributed by atoms with van der Waals surface area (Å²) in [6, 6.07) is 0. The molecule has 0 aliphatic rings. The molecule has 0 N–H and O–H groups in total. The Kier molecular flexibility index (Phi) is 8.80. The molecule has 0 saturated carbocycles. The van der Waals surface area contributed by atoms with E-state index in [9.17, 15) is 0 Å². The second-order valence-corrected chi connectivity index (χ2v) is 5.16. The molecule has 0 rings (SSSR count). The fourth-order valence-electron chi connectivity index (χ4n) is 1.57. The highest BCUT2D eigenvalue weighted by molar-refractivity contribution is 7.80. The van der Waals surface area contributed by atoms with Gasteiger partial charge in [0.1, 0.15) is 0 Å². The summed E-state index contributed by atoms with van der Waals surface area (Å²) in [5, 5.41) is 0. The fourth-order valence-corrected chi connectivity index (χ4v) is 2.01. The minimum atomic E-state index is 0.415. The van der Waals surface area contributed by atoms with Crippen LogP contribution >= 0.6 is 12.6 Å². The molecule has 0 saturated heterocycles. The van der Waals surface area contributed by atoms with Crippen molar-refractivity contribution in [3.8, 4) is 0 Å². The van der Waals surface area contributed by atoms with Crippen LogP contribution < -0.4 is 0 Å². The van der Waals surface area contributed by atoms with E-state index in [2.05, 4.69) is 40.3 Å². The maximum Gasteiger partial charge on any atom is 0.0549 e. The van der Waals surface area contributed by atoms with Crippen LogP contribution in [0.5, 0.6) is 0 Å². The molecule has 0 aliphatic heterocycles. The van der Waals surface area contributed by atoms with Crippen molar-refractivity contribution in [2.75, 3.05) is 12.4 Å². The third-order valence-corrected chi connectivity index (χ3v) is 2.70. The molecule has 0 fully saturated rings. The standard InChI is InChI=1S/C12H26OS/c1-10(2)9-12(4)13-7-5-11(3)6-8-14/h10-12,14H,5-9H2,1-4H3. The first kappa shape index (κ1) is 14.3. The van der Waals surface area contributed by atoms with Crippen LogP contribution in [0.4, 0.5) is 0 Å². The quantitative estimate of drug-likeness (QED) is 0.610. The Hall–Kier alpha value is 0.310. The van der Waals surface area contributed by atoms with Crippen LogP contribution in [0.3, 0.4) is 0 Å². The molecule has 2 unspecified atom stereocenters. The van der Waals surface area contributed by atoms with Crippen molar-refractivity contribution in [1.82, 2.24) is 0 Å². The Morgan fingerprint density at radius 2 is 1.71 bits per heavy atom. The van der Waals surface area contributed by atoms with E-state index in [1.165, 1.54) is 19.3 Å². The van der Waals surface area contributed by atoms with Crippen molar-refractivity contribution in [2.24, 2.45) is 11.8 Å². The van der Waals surface area contributed by atoms with Crippen LogP contribution in [0.1, 0.15) is 47.0 Å². The van der Waals surface area contributed by atoms with Gasteiger partial charge in [-0.05, 0) is 43.8 Å². The van der Waals surface area contributed by atoms with Crippen LogP contribution in [0.2, 0.25) is 0 Å². The van der Waals surface area contributed by atoms with Gasteiger partial charge in [0.25, 0.3) is 0 Å². The van der Waals surface area contributed by atoms with Gasteiger partial charge in [-0.3, -0.25) is 0 Å². The zero-order chi connectivity index (χ0) is 11.0. The van der Waals surface area contributed by atoms with Gasteiger partial charge >= 0.3 is 0 Å². The largest absolute Gasteiger partial charge is 0.378 e. The van der Waals surface area contributed by atoms with Crippen LogP contribution in [0.25, 0.3) is 0 Å². The van der Waals surface area contributed by atoms with E-state index in [4.69, 9.17) is 4.74 Å². The Balaban J connectivity index is 3.34. The summed E-state index contributed by atoms with van der Waals surface area (Å²) in [6.45, 7) is 9.82. The molecule has 0 aromatic carbocycles. The molecule has 86 valence electrons. The van der Waals surface area contributed by atoms with Gasteiger partial charge in [-0.15, -0.1) is 0 Å². The van der Waals surface area contributed by atoms with E-state index in [-0.39, 0.29) is 0 Å². The summed E-state index contributed by atoms with van der Waals surface area (Å²) < 4.78 is 5.74. The lowest BCUT2D eigenvalue weighted by Crippen LogP contribution is -2.13. The number of ether oxygens (including phenoxy) is 1. The van der Waals surface area contributed by atoms with Crippen molar-refractivity contribution in [3.63, 3.8) is 0 Å². The van der Waals surface area contributed by atoms with Crippen molar-refractivity contribution >= 4 is 12.6 Å². The summed E-state index contributed by atoms with van der Waals surface area (Å²) in [6.07, 6.45) is 3.95. The average Bonchev–Trinajstić information content (AvgIpc) is 2.02. The summed E-state index contributed by atoms with van der Waals surface area (Å²) in [5.74, 6) is 2.47. The predicted molar refractivity (Wildman–Crippen MR) is 67.1 cm³/mol. The number of thiol groups is 1. The SMILES string of the molecule is CC(C)CC(C)OCCC(C)CCS. The Morgan fingerprint density at radius 3 is 2.21 bits per heavy atom. The maximum absolute atomic E-state index is 5.74. The topological polar surface area (TPSA) is 9.23 Å². The average molecular weight is 218 g/mol. The zero-order valence-electron chi connectivity index (χ0n) is 10.1. The Labute approximate surface area is 95.0 Å². The maximum atomic E-state index is 5.74. The van der Waals surface area contributed by atoms with E-state index < -0.39 is 0 Å². The van der Waals surface area contributed by atoms with Crippen molar-refractivity contribution in [3.05, 3.63) is 0 Å². The third-order valence-electron chi connectivity index (χ3n) is 2.44. The minimum Gasteiger partial charge on any atom is -0.378 e. The highest BCUT2D eigenvalue weighted by Crippen LogP contribution is 2.11. The van der Waals surface area contributed by atoms with E-state index >= 15 is 0 Å². The van der Waals surface area contributed by atoms with Crippen LogP contribution in [0, 0.1) is 11.8 Å². The molecule has 2 heteroatoms. The van der Waals surface area contributed by atoms with E-state index in [1.54, 1.807) is 0 Å². The highest BCUT2D eigenvalue weighted by Gasteiger charge is 2.06. The fraction of sp³-hybridized carbons (Fsp3) is 1.00. The van der Waals surface area contributed by atoms with Gasteiger partial charge in [-0.25, -0.2) is 0 Å². The zero-order valence-corrected chi connectivity index (χ0v) is 11.0. The molecule has 0 radical (unpaired) electrons. The summed E-state index contributed by atoms with van der Waals surface area (Å²) in [5.41, 5.74) is 0. The molecular formula is C12H26OS. The molecule has 0 aliphatic carbocycles. The van der Waals surface area contributed by atoms with Crippen molar-refractivity contribution in [1.29, 1.82) is 0 Å². The van der Waals surface area contributed by atoms with Crippen LogP contribution in [-0.2, 0) is 4.74 Å². The normalized spacial score (nSPS) is 15.9. The lowest BCUT2D eigenvalue weighted by atomic mass is 10.1. The van der Waals surface area contributed by atoms with Gasteiger partial charge in [-0.1, -0.05) is 20.8 Å². The van der Waals surface area contributed by atoms with E-state index in [1.807, 2.05) is 0 Å². The van der Waals surface area contributed by atoms with Crippen molar-refractivity contribution < 1.29 is 4.74 Å². The van der Waals surface area contributed by atoms with Crippen LogP contribution in [0.15, 0.2) is 0 Å². The Bertz CT molecular complexity index is 125. The van der Waals surface area contributed by atoms with Gasteiger partial charge < -0.3 is 4.74 Å². The molecule has 0 heterocycles. The molecule has 0 amide bonds. The summed E-state index contributed by atoms with van der Waals surface area (Å²) in [4.78, 5) is 0. The first-order chi connectivity index (χ1) is 6.56. The number of hydrogen-bond donors (Lipinski definition) is 1.